The highest BCUT2D eigenvalue weighted by Gasteiger charge is 2.17. The molecular formula is C16H21N7O2S2. The number of aryl methyl sites for hydroxylation is 1. The molecule has 0 saturated heterocycles. The zero-order chi connectivity index (χ0) is 19.8. The number of nitro benzene ring substituents is 1. The fraction of sp³-hybridized carbons (Fsp3) is 0.375. The van der Waals surface area contributed by atoms with E-state index in [-0.39, 0.29) is 5.69 Å². The minimum absolute atomic E-state index is 0.0155. The minimum Gasteiger partial charge on any atom is -0.361 e. The summed E-state index contributed by atoms with van der Waals surface area (Å²) in [5.41, 5.74) is 0.588. The van der Waals surface area contributed by atoms with Gasteiger partial charge in [-0.15, -0.1) is 10.2 Å². The number of thiocarbonyl (C=S) groups is 1. The topological polar surface area (TPSA) is 101 Å². The molecule has 0 unspecified atom stereocenters. The lowest BCUT2D eigenvalue weighted by molar-refractivity contribution is -0.387. The number of hydrazone groups is 1. The van der Waals surface area contributed by atoms with Crippen molar-refractivity contribution in [1.82, 2.24) is 25.1 Å². The molecule has 0 aliphatic heterocycles. The number of benzene rings is 1. The maximum Gasteiger partial charge on any atom is 0.283 e. The van der Waals surface area contributed by atoms with E-state index in [9.17, 15) is 10.1 Å². The normalized spacial score (nSPS) is 10.9. The molecule has 2 rings (SSSR count). The largest absolute Gasteiger partial charge is 0.361 e. The van der Waals surface area contributed by atoms with Gasteiger partial charge in [0, 0.05) is 32.3 Å². The lowest BCUT2D eigenvalue weighted by Crippen LogP contribution is -2.34. The Kier molecular flexibility index (Phi) is 7.67. The summed E-state index contributed by atoms with van der Waals surface area (Å²) in [6, 6.07) is 4.91. The summed E-state index contributed by atoms with van der Waals surface area (Å²) in [5.74, 6) is 0. The Morgan fingerprint density at radius 2 is 2.33 bits per heavy atom. The second kappa shape index (κ2) is 9.97. The molecule has 0 spiro atoms. The van der Waals surface area contributed by atoms with Gasteiger partial charge in [-0.05, 0) is 36.5 Å². The molecule has 1 aromatic carbocycles. The van der Waals surface area contributed by atoms with Crippen molar-refractivity contribution in [3.05, 3.63) is 40.2 Å². The van der Waals surface area contributed by atoms with E-state index in [2.05, 4.69) is 27.5 Å². The fourth-order valence-corrected chi connectivity index (χ4v) is 3.00. The first-order chi connectivity index (χ1) is 12.9. The number of aromatic nitrogens is 3. The second-order valence-electron chi connectivity index (χ2n) is 5.66. The van der Waals surface area contributed by atoms with E-state index in [1.807, 2.05) is 0 Å². The van der Waals surface area contributed by atoms with Crippen LogP contribution >= 0.6 is 24.0 Å². The van der Waals surface area contributed by atoms with Crippen LogP contribution in [-0.4, -0.2) is 49.6 Å². The van der Waals surface area contributed by atoms with Crippen LogP contribution in [0, 0.1) is 10.1 Å². The number of unbranched alkanes of at least 4 members (excludes halogenated alkanes) is 1. The Hall–Kier alpha value is -2.53. The summed E-state index contributed by atoms with van der Waals surface area (Å²) in [7, 11) is 3.51. The van der Waals surface area contributed by atoms with Gasteiger partial charge in [0.1, 0.15) is 6.33 Å². The second-order valence-corrected chi connectivity index (χ2v) is 7.06. The first kappa shape index (κ1) is 20.8. The average molecular weight is 408 g/mol. The highest BCUT2D eigenvalue weighted by molar-refractivity contribution is 7.99. The lowest BCUT2D eigenvalue weighted by Gasteiger charge is -2.15. The van der Waals surface area contributed by atoms with Crippen molar-refractivity contribution in [2.24, 2.45) is 12.1 Å². The van der Waals surface area contributed by atoms with Crippen LogP contribution < -0.4 is 5.32 Å². The molecule has 0 aliphatic rings. The van der Waals surface area contributed by atoms with Crippen molar-refractivity contribution in [3.8, 4) is 0 Å². The fourth-order valence-electron chi connectivity index (χ4n) is 2.00. The van der Waals surface area contributed by atoms with Crippen LogP contribution in [0.15, 0.2) is 39.7 Å². The summed E-state index contributed by atoms with van der Waals surface area (Å²) in [4.78, 5) is 11.5. The van der Waals surface area contributed by atoms with Gasteiger partial charge in [-0.1, -0.05) is 19.4 Å². The zero-order valence-corrected chi connectivity index (χ0v) is 17.0. The van der Waals surface area contributed by atoms with Crippen LogP contribution in [-0.2, 0) is 7.05 Å². The monoisotopic (exact) mass is 407 g/mol. The molecule has 1 heterocycles. The Morgan fingerprint density at radius 3 is 2.96 bits per heavy atom. The van der Waals surface area contributed by atoms with Crippen molar-refractivity contribution < 1.29 is 4.92 Å². The van der Waals surface area contributed by atoms with Gasteiger partial charge in [-0.3, -0.25) is 10.1 Å². The van der Waals surface area contributed by atoms with E-state index in [1.165, 1.54) is 29.1 Å². The van der Waals surface area contributed by atoms with Gasteiger partial charge < -0.3 is 9.88 Å². The smallest absolute Gasteiger partial charge is 0.283 e. The number of nitrogens with zero attached hydrogens (tertiary/aromatic N) is 6. The first-order valence-corrected chi connectivity index (χ1v) is 9.50. The van der Waals surface area contributed by atoms with E-state index in [0.29, 0.717) is 20.7 Å². The van der Waals surface area contributed by atoms with Gasteiger partial charge in [0.15, 0.2) is 10.3 Å². The molecule has 1 aromatic heterocycles. The molecule has 0 atom stereocenters. The Labute approximate surface area is 167 Å². The third kappa shape index (κ3) is 6.00. The summed E-state index contributed by atoms with van der Waals surface area (Å²) < 4.78 is 1.70. The minimum atomic E-state index is -0.420. The summed E-state index contributed by atoms with van der Waals surface area (Å²) >= 11 is 6.43. The van der Waals surface area contributed by atoms with Gasteiger partial charge in [0.25, 0.3) is 5.69 Å². The van der Waals surface area contributed by atoms with Crippen LogP contribution in [0.3, 0.4) is 0 Å². The molecule has 27 heavy (non-hydrogen) atoms. The van der Waals surface area contributed by atoms with Crippen LogP contribution in [0.4, 0.5) is 5.69 Å². The average Bonchev–Trinajstić information content (AvgIpc) is 3.05. The molecule has 0 fully saturated rings. The van der Waals surface area contributed by atoms with E-state index in [1.54, 1.807) is 37.1 Å². The highest BCUT2D eigenvalue weighted by Crippen LogP contribution is 2.33. The third-order valence-electron chi connectivity index (χ3n) is 3.53. The predicted octanol–water partition coefficient (Wildman–Crippen LogP) is 2.81. The van der Waals surface area contributed by atoms with Crippen molar-refractivity contribution >= 4 is 41.0 Å². The van der Waals surface area contributed by atoms with Crippen LogP contribution in [0.1, 0.15) is 25.3 Å². The van der Waals surface area contributed by atoms with Crippen LogP contribution in [0.25, 0.3) is 0 Å². The third-order valence-corrected chi connectivity index (χ3v) is 5.06. The van der Waals surface area contributed by atoms with Crippen molar-refractivity contribution in [2.45, 2.75) is 29.8 Å². The van der Waals surface area contributed by atoms with E-state index < -0.39 is 4.92 Å². The standard InChI is InChI=1S/C16H21N7O2S2/c1-4-5-8-17-15(26)22(3)19-10-12-6-7-14(13(9-12)23(24)25)27-16-20-18-11-21(16)2/h6-7,9-11H,4-5,8H2,1-3H3,(H,17,26)/b19-10+. The number of hydrogen-bond donors (Lipinski definition) is 1. The first-order valence-electron chi connectivity index (χ1n) is 8.28. The molecule has 9 nitrogen and oxygen atoms in total. The van der Waals surface area contributed by atoms with Gasteiger partial charge in [-0.2, -0.15) is 5.10 Å². The van der Waals surface area contributed by atoms with Crippen LogP contribution in [0.5, 0.6) is 0 Å². The van der Waals surface area contributed by atoms with Gasteiger partial charge >= 0.3 is 0 Å². The van der Waals surface area contributed by atoms with Gasteiger partial charge in [0.2, 0.25) is 0 Å². The Morgan fingerprint density at radius 1 is 1.56 bits per heavy atom. The van der Waals surface area contributed by atoms with Crippen molar-refractivity contribution in [2.75, 3.05) is 13.6 Å². The summed E-state index contributed by atoms with van der Waals surface area (Å²) in [5, 5.41) is 29.1. The molecule has 0 amide bonds. The SMILES string of the molecule is CCCCNC(=S)N(C)/N=C/c1ccc(Sc2nncn2C)c([N+](=O)[O-])c1. The molecular weight excluding hydrogens is 386 g/mol. The molecule has 0 aliphatic carbocycles. The molecule has 0 bridgehead atoms. The molecule has 0 saturated carbocycles. The number of rotatable bonds is 8. The number of nitro groups is 1. The van der Waals surface area contributed by atoms with Gasteiger partial charge in [-0.25, -0.2) is 5.01 Å². The van der Waals surface area contributed by atoms with Crippen molar-refractivity contribution in [3.63, 3.8) is 0 Å². The quantitative estimate of drug-likeness (QED) is 0.234. The molecule has 1 N–H and O–H groups in total. The Balaban J connectivity index is 2.12. The molecule has 11 heteroatoms. The van der Waals surface area contributed by atoms with E-state index >= 15 is 0 Å². The highest BCUT2D eigenvalue weighted by atomic mass is 32.2. The maximum atomic E-state index is 11.4. The Bertz CT molecular complexity index is 838. The zero-order valence-electron chi connectivity index (χ0n) is 15.3. The molecule has 2 aromatic rings. The van der Waals surface area contributed by atoms with Gasteiger partial charge in [0.05, 0.1) is 16.0 Å². The van der Waals surface area contributed by atoms with Crippen LogP contribution in [0.2, 0.25) is 0 Å². The lowest BCUT2D eigenvalue weighted by atomic mass is 10.2. The molecule has 144 valence electrons. The van der Waals surface area contributed by atoms with E-state index in [0.717, 1.165) is 19.4 Å². The summed E-state index contributed by atoms with van der Waals surface area (Å²) in [6.07, 6.45) is 5.18. The summed E-state index contributed by atoms with van der Waals surface area (Å²) in [6.45, 7) is 2.89. The maximum absolute atomic E-state index is 11.4. The predicted molar refractivity (Wildman–Crippen MR) is 109 cm³/mol. The molecule has 0 radical (unpaired) electrons. The number of hydrogen-bond acceptors (Lipinski definition) is 7. The number of nitrogens with one attached hydrogen (secondary N) is 1. The van der Waals surface area contributed by atoms with E-state index in [4.69, 9.17) is 12.2 Å². The van der Waals surface area contributed by atoms with Crippen molar-refractivity contribution in [1.29, 1.82) is 0 Å².